The lowest BCUT2D eigenvalue weighted by atomic mass is 9.86. The van der Waals surface area contributed by atoms with Crippen molar-refractivity contribution in [2.45, 2.75) is 25.3 Å². The number of sulfone groups is 1. The van der Waals surface area contributed by atoms with Crippen LogP contribution < -0.4 is 5.32 Å². The number of anilines is 1. The van der Waals surface area contributed by atoms with Crippen LogP contribution in [0.3, 0.4) is 0 Å². The molecule has 2 aliphatic rings. The fraction of sp³-hybridized carbons (Fsp3) is 0.346. The Kier molecular flexibility index (Phi) is 6.94. The van der Waals surface area contributed by atoms with Crippen molar-refractivity contribution in [3.05, 3.63) is 71.0 Å². The number of halogens is 1. The normalized spacial score (nSPS) is 20.8. The number of benzene rings is 2. The molecule has 198 valence electrons. The van der Waals surface area contributed by atoms with Gasteiger partial charge in [0.15, 0.2) is 0 Å². The van der Waals surface area contributed by atoms with Crippen LogP contribution in [0.4, 0.5) is 5.69 Å². The summed E-state index contributed by atoms with van der Waals surface area (Å²) in [6.07, 6.45) is 3.16. The molecular formula is C26H25ClN4O5S2. The Morgan fingerprint density at radius 1 is 1.18 bits per heavy atom. The number of rotatable bonds is 5. The van der Waals surface area contributed by atoms with Crippen molar-refractivity contribution < 1.29 is 21.6 Å². The van der Waals surface area contributed by atoms with E-state index in [0.717, 1.165) is 10.8 Å². The largest absolute Gasteiger partial charge is 0.324 e. The number of amides is 1. The lowest BCUT2D eigenvalue weighted by Crippen LogP contribution is -2.47. The highest BCUT2D eigenvalue weighted by Gasteiger charge is 2.44. The number of hydrogen-bond donors (Lipinski definition) is 1. The van der Waals surface area contributed by atoms with Gasteiger partial charge in [-0.25, -0.2) is 16.8 Å². The van der Waals surface area contributed by atoms with Gasteiger partial charge in [-0.05, 0) is 36.1 Å². The van der Waals surface area contributed by atoms with Crippen LogP contribution in [0.15, 0.2) is 54.9 Å². The molecule has 2 aromatic carbocycles. The molecule has 1 amide bonds. The van der Waals surface area contributed by atoms with Crippen molar-refractivity contribution >= 4 is 53.8 Å². The van der Waals surface area contributed by atoms with Gasteiger partial charge in [-0.2, -0.15) is 9.57 Å². The zero-order valence-corrected chi connectivity index (χ0v) is 22.7. The molecule has 3 aromatic rings. The van der Waals surface area contributed by atoms with Crippen LogP contribution in [0.1, 0.15) is 29.9 Å². The highest BCUT2D eigenvalue weighted by Crippen LogP contribution is 2.38. The third-order valence-electron chi connectivity index (χ3n) is 7.33. The number of carbonyl (C=O) groups excluding carboxylic acids is 1. The van der Waals surface area contributed by atoms with E-state index in [-0.39, 0.29) is 37.4 Å². The summed E-state index contributed by atoms with van der Waals surface area (Å²) in [5.74, 6) is -2.22. The number of fused-ring (bicyclic) bond motifs is 2. The Labute approximate surface area is 226 Å². The molecule has 3 heterocycles. The average molecular weight is 573 g/mol. The first kappa shape index (κ1) is 26.6. The van der Waals surface area contributed by atoms with Gasteiger partial charge in [0, 0.05) is 35.1 Å². The molecule has 1 fully saturated rings. The van der Waals surface area contributed by atoms with Gasteiger partial charge in [-0.15, -0.1) is 0 Å². The third kappa shape index (κ3) is 5.27. The van der Waals surface area contributed by atoms with E-state index in [2.05, 4.69) is 16.4 Å². The second-order valence-corrected chi connectivity index (χ2v) is 14.6. The Hall–Kier alpha value is -3.04. The van der Waals surface area contributed by atoms with Crippen molar-refractivity contribution in [3.63, 3.8) is 0 Å². The summed E-state index contributed by atoms with van der Waals surface area (Å²) < 4.78 is 52.3. The summed E-state index contributed by atoms with van der Waals surface area (Å²) >= 11 is 6.24. The third-order valence-corrected chi connectivity index (χ3v) is 11.2. The predicted octanol–water partition coefficient (Wildman–Crippen LogP) is 3.47. The van der Waals surface area contributed by atoms with Crippen LogP contribution >= 0.6 is 11.6 Å². The summed E-state index contributed by atoms with van der Waals surface area (Å²) in [5, 5.41) is 14.8. The maximum Gasteiger partial charge on any atom is 0.233 e. The molecule has 2 aliphatic heterocycles. The van der Waals surface area contributed by atoms with Crippen molar-refractivity contribution in [1.82, 2.24) is 9.29 Å². The maximum absolute atomic E-state index is 13.6. The zero-order valence-electron chi connectivity index (χ0n) is 20.3. The van der Waals surface area contributed by atoms with Crippen molar-refractivity contribution in [2.75, 3.05) is 29.1 Å². The number of pyridine rings is 1. The molecule has 1 aromatic heterocycles. The summed E-state index contributed by atoms with van der Waals surface area (Å²) in [4.78, 5) is 17.8. The number of aromatic nitrogens is 1. The first-order valence-electron chi connectivity index (χ1n) is 12.0. The molecule has 38 heavy (non-hydrogen) atoms. The average Bonchev–Trinajstić information content (AvgIpc) is 2.89. The molecule has 0 aliphatic carbocycles. The molecule has 1 unspecified atom stereocenters. The van der Waals surface area contributed by atoms with Gasteiger partial charge < -0.3 is 5.32 Å². The van der Waals surface area contributed by atoms with Gasteiger partial charge in [0.2, 0.25) is 15.9 Å². The van der Waals surface area contributed by atoms with Gasteiger partial charge in [-0.3, -0.25) is 9.78 Å². The van der Waals surface area contributed by atoms with Gasteiger partial charge in [0.25, 0.3) is 0 Å². The molecule has 0 saturated carbocycles. The SMILES string of the molecule is N#CC1(CS(=O)(=O)N2Cc3ccc(Cl)cc3C(C(=O)Nc3cncc4ccccc34)C2)CCS(=O)(=O)CC1. The fourth-order valence-electron chi connectivity index (χ4n) is 5.12. The predicted molar refractivity (Wildman–Crippen MR) is 145 cm³/mol. The summed E-state index contributed by atoms with van der Waals surface area (Å²) in [7, 11) is -7.31. The van der Waals surface area contributed by atoms with E-state index in [0.29, 0.717) is 21.8 Å². The lowest BCUT2D eigenvalue weighted by molar-refractivity contribution is -0.118. The topological polar surface area (TPSA) is 137 Å². The Morgan fingerprint density at radius 3 is 2.66 bits per heavy atom. The molecule has 0 spiro atoms. The van der Waals surface area contributed by atoms with E-state index in [1.807, 2.05) is 24.3 Å². The van der Waals surface area contributed by atoms with E-state index in [9.17, 15) is 26.9 Å². The summed E-state index contributed by atoms with van der Waals surface area (Å²) in [6, 6.07) is 14.6. The minimum Gasteiger partial charge on any atom is -0.324 e. The van der Waals surface area contributed by atoms with Crippen molar-refractivity contribution in [1.29, 1.82) is 5.26 Å². The second-order valence-electron chi connectivity index (χ2n) is 9.89. The second kappa shape index (κ2) is 9.93. The number of hydrogen-bond acceptors (Lipinski definition) is 7. The molecule has 0 radical (unpaired) electrons. The van der Waals surface area contributed by atoms with E-state index < -0.39 is 42.9 Å². The van der Waals surface area contributed by atoms with E-state index in [4.69, 9.17) is 11.6 Å². The van der Waals surface area contributed by atoms with Crippen LogP contribution in [-0.2, 0) is 31.2 Å². The van der Waals surface area contributed by atoms with Gasteiger partial charge in [-0.1, -0.05) is 41.9 Å². The Bertz CT molecular complexity index is 1670. The Morgan fingerprint density at radius 2 is 1.92 bits per heavy atom. The molecule has 5 rings (SSSR count). The molecular weight excluding hydrogens is 548 g/mol. The van der Waals surface area contributed by atoms with Crippen LogP contribution in [-0.4, -0.2) is 55.8 Å². The molecule has 12 heteroatoms. The zero-order chi connectivity index (χ0) is 27.1. The standard InChI is InChI=1S/C26H25ClN4O5S2/c27-20-6-5-19-14-31(38(35,36)17-26(16-28)7-9-37(33,34)10-8-26)15-23(22(19)11-20)25(32)30-24-13-29-12-18-3-1-2-4-21(18)24/h1-6,11-13,23H,7-10,14-15,17H2,(H,30,32). The molecule has 1 saturated heterocycles. The van der Waals surface area contributed by atoms with Crippen LogP contribution in [0, 0.1) is 16.7 Å². The lowest BCUT2D eigenvalue weighted by Gasteiger charge is -2.36. The quantitative estimate of drug-likeness (QED) is 0.494. The first-order valence-corrected chi connectivity index (χ1v) is 15.8. The highest BCUT2D eigenvalue weighted by atomic mass is 35.5. The van der Waals surface area contributed by atoms with E-state index in [1.54, 1.807) is 30.6 Å². The van der Waals surface area contributed by atoms with Gasteiger partial charge in [0.05, 0.1) is 46.5 Å². The molecule has 1 N–H and O–H groups in total. The number of nitrogens with one attached hydrogen (secondary N) is 1. The minimum atomic E-state index is -4.03. The maximum atomic E-state index is 13.6. The number of sulfonamides is 1. The van der Waals surface area contributed by atoms with E-state index >= 15 is 0 Å². The number of carbonyl (C=O) groups is 1. The highest BCUT2D eigenvalue weighted by molar-refractivity contribution is 7.91. The summed E-state index contributed by atoms with van der Waals surface area (Å²) in [5.41, 5.74) is 0.478. The van der Waals surface area contributed by atoms with Crippen LogP contribution in [0.2, 0.25) is 5.02 Å². The monoisotopic (exact) mass is 572 g/mol. The summed E-state index contributed by atoms with van der Waals surface area (Å²) in [6.45, 7) is -0.117. The van der Waals surface area contributed by atoms with Crippen LogP contribution in [0.25, 0.3) is 10.8 Å². The van der Waals surface area contributed by atoms with Gasteiger partial charge >= 0.3 is 0 Å². The molecule has 0 bridgehead atoms. The van der Waals surface area contributed by atoms with E-state index in [1.165, 1.54) is 4.31 Å². The number of nitrogens with zero attached hydrogens (tertiary/aromatic N) is 3. The minimum absolute atomic E-state index is 0.0221. The Balaban J connectivity index is 1.45. The smallest absolute Gasteiger partial charge is 0.233 e. The fourth-order valence-corrected chi connectivity index (χ4v) is 8.85. The van der Waals surface area contributed by atoms with Crippen molar-refractivity contribution in [3.8, 4) is 6.07 Å². The number of nitriles is 1. The first-order chi connectivity index (χ1) is 18.0. The molecule has 1 atom stereocenters. The van der Waals surface area contributed by atoms with Crippen molar-refractivity contribution in [2.24, 2.45) is 5.41 Å². The van der Waals surface area contributed by atoms with Gasteiger partial charge in [0.1, 0.15) is 9.84 Å². The molecule has 9 nitrogen and oxygen atoms in total. The van der Waals surface area contributed by atoms with Crippen LogP contribution in [0.5, 0.6) is 0 Å².